The Labute approximate surface area is 258 Å². The molecule has 42 heavy (non-hydrogen) atoms. The Bertz CT molecular complexity index is 1550. The molecule has 0 spiro atoms. The lowest BCUT2D eigenvalue weighted by atomic mass is 9.92. The first-order chi connectivity index (χ1) is 20.0. The number of rotatable bonds is 8. The van der Waals surface area contributed by atoms with Gasteiger partial charge < -0.3 is 14.9 Å². The number of amides is 1. The van der Waals surface area contributed by atoms with Crippen molar-refractivity contribution < 1.29 is 14.5 Å². The summed E-state index contributed by atoms with van der Waals surface area (Å²) in [6, 6.07) is 0. The maximum absolute atomic E-state index is 13.2. The van der Waals surface area contributed by atoms with Crippen molar-refractivity contribution >= 4 is 40.5 Å². The lowest BCUT2D eigenvalue weighted by Gasteiger charge is -2.27. The first-order valence-corrected chi connectivity index (χ1v) is 15.0. The molecule has 0 atom stereocenters. The molecule has 222 valence electrons. The van der Waals surface area contributed by atoms with Crippen molar-refractivity contribution in [2.24, 2.45) is 17.0 Å². The number of aliphatic imine (C=N–C) groups is 2. The number of halogens is 2. The highest BCUT2D eigenvalue weighted by Gasteiger charge is 2.26. The number of nitrogens with zero attached hydrogens (tertiary/aromatic N) is 6. The quantitative estimate of drug-likeness (QED) is 0.284. The van der Waals surface area contributed by atoms with E-state index in [2.05, 4.69) is 23.8 Å². The average Bonchev–Trinajstić information content (AvgIpc) is 3.51. The van der Waals surface area contributed by atoms with Crippen molar-refractivity contribution in [1.82, 2.24) is 14.4 Å². The maximum Gasteiger partial charge on any atom is 0.360 e. The molecule has 0 fully saturated rings. The number of imidazole rings is 1. The predicted molar refractivity (Wildman–Crippen MR) is 168 cm³/mol. The summed E-state index contributed by atoms with van der Waals surface area (Å²) in [4.78, 5) is 25.7. The van der Waals surface area contributed by atoms with E-state index in [1.165, 1.54) is 0 Å². The van der Waals surface area contributed by atoms with Gasteiger partial charge in [0.1, 0.15) is 18.2 Å². The summed E-state index contributed by atoms with van der Waals surface area (Å²) >= 11 is 13.5. The zero-order valence-electron chi connectivity index (χ0n) is 25.1. The molecule has 1 aromatic heterocycles. The van der Waals surface area contributed by atoms with Crippen LogP contribution in [0, 0.1) is 0 Å². The largest absolute Gasteiger partial charge is 0.856 e. The van der Waals surface area contributed by atoms with Gasteiger partial charge in [0, 0.05) is 43.0 Å². The second-order valence-corrected chi connectivity index (χ2v) is 11.4. The molecule has 1 amide bonds. The van der Waals surface area contributed by atoms with Gasteiger partial charge in [0.2, 0.25) is 0 Å². The highest BCUT2D eigenvalue weighted by atomic mass is 35.5. The summed E-state index contributed by atoms with van der Waals surface area (Å²) in [6.07, 6.45) is 18.7. The van der Waals surface area contributed by atoms with Crippen molar-refractivity contribution in [3.63, 3.8) is 0 Å². The van der Waals surface area contributed by atoms with Crippen LogP contribution in [0.3, 0.4) is 0 Å². The van der Waals surface area contributed by atoms with E-state index in [0.29, 0.717) is 44.3 Å². The second kappa shape index (κ2) is 13.6. The number of carbonyl (C=O) groups excluding carboxylic acids is 1. The Morgan fingerprint density at radius 3 is 2.07 bits per heavy atom. The Morgan fingerprint density at radius 2 is 1.48 bits per heavy atom. The Hall–Kier alpha value is -3.62. The number of aromatic nitrogens is 2. The van der Waals surface area contributed by atoms with E-state index in [-0.39, 0.29) is 11.8 Å². The molecule has 0 bridgehead atoms. The monoisotopic (exact) mass is 608 g/mol. The van der Waals surface area contributed by atoms with E-state index in [1.54, 1.807) is 21.6 Å². The number of hydrogen-bond acceptors (Lipinski definition) is 5. The van der Waals surface area contributed by atoms with Crippen molar-refractivity contribution in [2.45, 2.75) is 59.9 Å². The average molecular weight is 610 g/mol. The van der Waals surface area contributed by atoms with Crippen LogP contribution >= 0.6 is 23.2 Å². The number of aryl methyl sites for hydroxylation is 2. The summed E-state index contributed by atoms with van der Waals surface area (Å²) < 4.78 is 3.72. The Balaban J connectivity index is 1.63. The molecule has 10 heteroatoms. The maximum atomic E-state index is 13.2. The first kappa shape index (κ1) is 31.3. The fraction of sp³-hybridized carbons (Fsp3) is 0.375. The van der Waals surface area contributed by atoms with Crippen LogP contribution in [0.5, 0.6) is 0 Å². The summed E-state index contributed by atoms with van der Waals surface area (Å²) in [5.41, 5.74) is 4.00. The molecule has 0 N–H and O–H groups in total. The van der Waals surface area contributed by atoms with Crippen LogP contribution in [0.2, 0.25) is 0 Å². The van der Waals surface area contributed by atoms with Crippen LogP contribution < -0.4 is 9.67 Å². The standard InChI is InChI=1S/C32H38Cl2N6O2/c1-7-9-11-39-15-13-37(5)31(39)29(41)35-27-19-25(33)23(17-21(27)3)24-18-22(4)28(20-26(24)34)36-30(42)32-38(6)14-16-40(32)12-10-8-2/h13-20H,7-12H2,1-6H3/b24-23-,31-29+,35-27+,36-28?. The van der Waals surface area contributed by atoms with Crippen LogP contribution in [0.15, 0.2) is 103 Å². The van der Waals surface area contributed by atoms with E-state index in [0.717, 1.165) is 49.9 Å². The third-order valence-corrected chi connectivity index (χ3v) is 7.97. The SMILES string of the molecule is CCCCN1C=CN(C)/C1=C([O-])/N=C1C=C(Cl)/C(=C2/C=C(C)C(=NC(=O)c3n(CCCC)cc[n+]3C)C=C2Cl)C=C\1C. The van der Waals surface area contributed by atoms with Gasteiger partial charge in [-0.1, -0.05) is 49.9 Å². The van der Waals surface area contributed by atoms with Gasteiger partial charge in [0.25, 0.3) is 0 Å². The minimum Gasteiger partial charge on any atom is -0.856 e. The summed E-state index contributed by atoms with van der Waals surface area (Å²) in [5.74, 6) is 0.372. The van der Waals surface area contributed by atoms with Gasteiger partial charge in [0.05, 0.1) is 35.1 Å². The van der Waals surface area contributed by atoms with Gasteiger partial charge in [-0.2, -0.15) is 0 Å². The molecule has 0 aromatic carbocycles. The van der Waals surface area contributed by atoms with Gasteiger partial charge >= 0.3 is 11.7 Å². The van der Waals surface area contributed by atoms with Crippen LogP contribution in [0.1, 0.15) is 64.0 Å². The second-order valence-electron chi connectivity index (χ2n) is 10.6. The molecule has 4 rings (SSSR count). The fourth-order valence-corrected chi connectivity index (χ4v) is 5.45. The fourth-order valence-electron chi connectivity index (χ4n) is 4.93. The molecule has 3 aliphatic rings. The third kappa shape index (κ3) is 6.71. The number of carbonyl (C=O) groups is 1. The van der Waals surface area contributed by atoms with Crippen LogP contribution in [-0.4, -0.2) is 45.3 Å². The van der Waals surface area contributed by atoms with E-state index in [1.807, 2.05) is 74.4 Å². The Morgan fingerprint density at radius 1 is 0.905 bits per heavy atom. The minimum atomic E-state index is -0.329. The van der Waals surface area contributed by atoms with Crippen molar-refractivity contribution in [3.05, 3.63) is 99.0 Å². The summed E-state index contributed by atoms with van der Waals surface area (Å²) in [5, 5.41) is 14.0. The van der Waals surface area contributed by atoms with Crippen LogP contribution in [-0.2, 0) is 13.6 Å². The smallest absolute Gasteiger partial charge is 0.360 e. The molecule has 1 aromatic rings. The molecule has 0 saturated carbocycles. The zero-order valence-corrected chi connectivity index (χ0v) is 26.6. The summed E-state index contributed by atoms with van der Waals surface area (Å²) in [7, 11) is 3.68. The van der Waals surface area contributed by atoms with Gasteiger partial charge in [-0.05, 0) is 62.1 Å². The lowest BCUT2D eigenvalue weighted by molar-refractivity contribution is -0.673. The predicted octanol–water partition coefficient (Wildman–Crippen LogP) is 5.60. The molecule has 0 saturated heterocycles. The van der Waals surface area contributed by atoms with E-state index < -0.39 is 0 Å². The lowest BCUT2D eigenvalue weighted by Crippen LogP contribution is -2.35. The number of unbranched alkanes of at least 4 members (excludes halogenated alkanes) is 2. The minimum absolute atomic E-state index is 0.329. The molecule has 8 nitrogen and oxygen atoms in total. The molecule has 2 heterocycles. The van der Waals surface area contributed by atoms with Crippen molar-refractivity contribution in [1.29, 1.82) is 0 Å². The summed E-state index contributed by atoms with van der Waals surface area (Å²) in [6.45, 7) is 9.51. The van der Waals surface area contributed by atoms with Crippen molar-refractivity contribution in [2.75, 3.05) is 13.6 Å². The van der Waals surface area contributed by atoms with Gasteiger partial charge in [-0.25, -0.2) is 14.1 Å². The number of hydrogen-bond donors (Lipinski definition) is 0. The molecular weight excluding hydrogens is 571 g/mol. The molecule has 1 aliphatic heterocycles. The van der Waals surface area contributed by atoms with E-state index >= 15 is 0 Å². The van der Waals surface area contributed by atoms with Gasteiger partial charge in [0.15, 0.2) is 0 Å². The highest BCUT2D eigenvalue weighted by Crippen LogP contribution is 2.35. The Kier molecular flexibility index (Phi) is 10.1. The molecular formula is C32H38Cl2N6O2. The van der Waals surface area contributed by atoms with Gasteiger partial charge in [-0.15, -0.1) is 0 Å². The topological polar surface area (TPSA) is 80.1 Å². The first-order valence-electron chi connectivity index (χ1n) is 14.3. The number of allylic oxidation sites excluding steroid dienone is 10. The van der Waals surface area contributed by atoms with E-state index in [4.69, 9.17) is 23.2 Å². The highest BCUT2D eigenvalue weighted by molar-refractivity contribution is 6.38. The van der Waals surface area contributed by atoms with Gasteiger partial charge in [-0.3, -0.25) is 9.79 Å². The van der Waals surface area contributed by atoms with E-state index in [9.17, 15) is 9.90 Å². The molecule has 0 radical (unpaired) electrons. The molecule has 0 unspecified atom stereocenters. The zero-order chi connectivity index (χ0) is 30.6. The molecule has 2 aliphatic carbocycles. The van der Waals surface area contributed by atoms with Crippen LogP contribution in [0.25, 0.3) is 0 Å². The van der Waals surface area contributed by atoms with Crippen molar-refractivity contribution in [3.8, 4) is 0 Å². The third-order valence-electron chi connectivity index (χ3n) is 7.35. The van der Waals surface area contributed by atoms with Crippen LogP contribution in [0.4, 0.5) is 0 Å². The normalized spacial score (nSPS) is 22.1.